The molecule has 1 aromatic heterocycles. The molecule has 0 aliphatic carbocycles. The Kier molecular flexibility index (Phi) is 5.88. The van der Waals surface area contributed by atoms with Crippen LogP contribution in [0.5, 0.6) is 5.75 Å². The smallest absolute Gasteiger partial charge is 0.246 e. The molecule has 3 aromatic rings. The number of rotatable bonds is 4. The lowest BCUT2D eigenvalue weighted by atomic mass is 9.96. The molecule has 2 heterocycles. The van der Waals surface area contributed by atoms with Crippen LogP contribution in [0.15, 0.2) is 47.1 Å². The van der Waals surface area contributed by atoms with E-state index < -0.39 is 0 Å². The van der Waals surface area contributed by atoms with E-state index in [1.165, 1.54) is 11.1 Å². The first kappa shape index (κ1) is 21.2. The van der Waals surface area contributed by atoms with Gasteiger partial charge >= 0.3 is 0 Å². The summed E-state index contributed by atoms with van der Waals surface area (Å²) in [7, 11) is 3.73. The molecule has 0 spiro atoms. The molecule has 0 unspecified atom stereocenters. The van der Waals surface area contributed by atoms with Crippen LogP contribution in [0, 0.1) is 13.8 Å². The first-order valence-electron chi connectivity index (χ1n) is 10.7. The minimum atomic E-state index is 0.0505. The zero-order valence-electron chi connectivity index (χ0n) is 19.0. The average molecular weight is 419 g/mol. The van der Waals surface area contributed by atoms with E-state index >= 15 is 0 Å². The predicted octanol–water partition coefficient (Wildman–Crippen LogP) is 4.90. The van der Waals surface area contributed by atoms with Gasteiger partial charge in [-0.25, -0.2) is 0 Å². The molecule has 5 heteroatoms. The van der Waals surface area contributed by atoms with Crippen LogP contribution in [-0.2, 0) is 4.79 Å². The Labute approximate surface area is 183 Å². The number of hydrogen-bond acceptors (Lipinski definition) is 4. The Balaban J connectivity index is 1.73. The molecule has 1 amide bonds. The highest BCUT2D eigenvalue weighted by Crippen LogP contribution is 2.38. The third kappa shape index (κ3) is 4.23. The fourth-order valence-corrected chi connectivity index (χ4v) is 4.24. The van der Waals surface area contributed by atoms with Gasteiger partial charge in [0.2, 0.25) is 5.91 Å². The van der Waals surface area contributed by atoms with Gasteiger partial charge in [0.25, 0.3) is 0 Å². The molecule has 5 nitrogen and oxygen atoms in total. The van der Waals surface area contributed by atoms with Crippen LogP contribution in [0.1, 0.15) is 23.6 Å². The van der Waals surface area contributed by atoms with Crippen LogP contribution in [0.25, 0.3) is 27.7 Å². The Morgan fingerprint density at radius 3 is 2.48 bits per heavy atom. The number of benzene rings is 2. The summed E-state index contributed by atoms with van der Waals surface area (Å²) in [6.07, 6.45) is 3.53. The summed E-state index contributed by atoms with van der Waals surface area (Å²) in [4.78, 5) is 17.0. The standard InChI is InChI=1S/C26H30N2O3/c1-17-6-7-20(18(2)12-17)23-16-31-25-15-24(30-5)21(14-22(23)25)19(3)13-26(29)28-10-8-27(4)9-11-28/h6-7,12-16H,8-11H2,1-5H3/b19-13+. The van der Waals surface area contributed by atoms with Crippen LogP contribution < -0.4 is 4.74 Å². The molecule has 2 aromatic carbocycles. The third-order valence-electron chi connectivity index (χ3n) is 6.15. The number of hydrogen-bond donors (Lipinski definition) is 0. The van der Waals surface area contributed by atoms with Gasteiger partial charge in [-0.15, -0.1) is 0 Å². The van der Waals surface area contributed by atoms with Crippen molar-refractivity contribution in [2.24, 2.45) is 0 Å². The summed E-state index contributed by atoms with van der Waals surface area (Å²) in [5.41, 5.74) is 7.20. The number of fused-ring (bicyclic) bond motifs is 1. The second kappa shape index (κ2) is 8.60. The lowest BCUT2D eigenvalue weighted by Crippen LogP contribution is -2.46. The monoisotopic (exact) mass is 418 g/mol. The molecule has 0 bridgehead atoms. The normalized spacial score (nSPS) is 15.5. The Hall–Kier alpha value is -3.05. The maximum atomic E-state index is 12.8. The molecular weight excluding hydrogens is 388 g/mol. The predicted molar refractivity (Wildman–Crippen MR) is 125 cm³/mol. The van der Waals surface area contributed by atoms with Gasteiger partial charge in [0.05, 0.1) is 13.4 Å². The number of piperazine rings is 1. The van der Waals surface area contributed by atoms with Gasteiger partial charge in [0.1, 0.15) is 11.3 Å². The summed E-state index contributed by atoms with van der Waals surface area (Å²) in [6, 6.07) is 10.4. The molecule has 1 aliphatic rings. The van der Waals surface area contributed by atoms with Crippen LogP contribution in [0.2, 0.25) is 0 Å². The van der Waals surface area contributed by atoms with Gasteiger partial charge in [-0.05, 0) is 50.6 Å². The first-order chi connectivity index (χ1) is 14.9. The molecule has 1 saturated heterocycles. The van der Waals surface area contributed by atoms with Crippen molar-refractivity contribution in [3.05, 3.63) is 59.4 Å². The molecule has 0 N–H and O–H groups in total. The van der Waals surface area contributed by atoms with Crippen LogP contribution in [0.3, 0.4) is 0 Å². The van der Waals surface area contributed by atoms with Crippen molar-refractivity contribution in [3.63, 3.8) is 0 Å². The second-order valence-corrected chi connectivity index (χ2v) is 8.47. The molecule has 4 rings (SSSR count). The van der Waals surface area contributed by atoms with Crippen LogP contribution >= 0.6 is 0 Å². The summed E-state index contributed by atoms with van der Waals surface area (Å²) in [5, 5.41) is 1.02. The molecule has 0 radical (unpaired) electrons. The Morgan fingerprint density at radius 1 is 1.06 bits per heavy atom. The zero-order valence-corrected chi connectivity index (χ0v) is 19.0. The van der Waals surface area contributed by atoms with Gasteiger partial charge in [-0.3, -0.25) is 4.79 Å². The van der Waals surface area contributed by atoms with E-state index in [0.29, 0.717) is 5.75 Å². The minimum Gasteiger partial charge on any atom is -0.496 e. The molecule has 0 atom stereocenters. The first-order valence-corrected chi connectivity index (χ1v) is 10.7. The molecule has 162 valence electrons. The average Bonchev–Trinajstić information content (AvgIpc) is 3.15. The lowest BCUT2D eigenvalue weighted by molar-refractivity contribution is -0.127. The highest BCUT2D eigenvalue weighted by molar-refractivity contribution is 6.00. The van der Waals surface area contributed by atoms with Crippen molar-refractivity contribution in [3.8, 4) is 16.9 Å². The topological polar surface area (TPSA) is 45.9 Å². The maximum Gasteiger partial charge on any atom is 0.246 e. The maximum absolute atomic E-state index is 12.8. The van der Waals surface area contributed by atoms with E-state index in [2.05, 4.69) is 50.1 Å². The number of furan rings is 1. The number of carbonyl (C=O) groups is 1. The van der Waals surface area contributed by atoms with Crippen molar-refractivity contribution < 1.29 is 13.9 Å². The van der Waals surface area contributed by atoms with Crippen molar-refractivity contribution in [1.82, 2.24) is 9.80 Å². The van der Waals surface area contributed by atoms with Gasteiger partial charge < -0.3 is 19.0 Å². The Bertz CT molecular complexity index is 1150. The number of amides is 1. The van der Waals surface area contributed by atoms with Crippen molar-refractivity contribution in [1.29, 1.82) is 0 Å². The van der Waals surface area contributed by atoms with Gasteiger partial charge in [0.15, 0.2) is 0 Å². The summed E-state index contributed by atoms with van der Waals surface area (Å²) in [6.45, 7) is 9.50. The summed E-state index contributed by atoms with van der Waals surface area (Å²) >= 11 is 0. The van der Waals surface area contributed by atoms with Crippen molar-refractivity contribution in [2.45, 2.75) is 20.8 Å². The molecule has 0 saturated carbocycles. The third-order valence-corrected chi connectivity index (χ3v) is 6.15. The molecule has 1 fully saturated rings. The van der Waals surface area contributed by atoms with E-state index in [9.17, 15) is 4.79 Å². The van der Waals surface area contributed by atoms with Gasteiger partial charge in [-0.2, -0.15) is 0 Å². The van der Waals surface area contributed by atoms with Crippen LogP contribution in [0.4, 0.5) is 0 Å². The number of methoxy groups -OCH3 is 1. The largest absolute Gasteiger partial charge is 0.496 e. The summed E-state index contributed by atoms with van der Waals surface area (Å²) in [5.74, 6) is 0.753. The number of ether oxygens (including phenoxy) is 1. The van der Waals surface area contributed by atoms with E-state index in [4.69, 9.17) is 9.15 Å². The molecular formula is C26H30N2O3. The SMILES string of the molecule is COc1cc2occ(-c3ccc(C)cc3C)c2cc1/C(C)=C/C(=O)N1CCN(C)CC1. The minimum absolute atomic E-state index is 0.0505. The number of likely N-dealkylation sites (N-methyl/N-ethyl adjacent to an activating group) is 1. The zero-order chi connectivity index (χ0) is 22.1. The fraction of sp³-hybridized carbons (Fsp3) is 0.346. The van der Waals surface area contributed by atoms with E-state index in [1.807, 2.05) is 17.9 Å². The second-order valence-electron chi connectivity index (χ2n) is 8.47. The Morgan fingerprint density at radius 2 is 1.81 bits per heavy atom. The quantitative estimate of drug-likeness (QED) is 0.565. The number of nitrogens with zero attached hydrogens (tertiary/aromatic N) is 2. The molecule has 1 aliphatic heterocycles. The van der Waals surface area contributed by atoms with E-state index in [0.717, 1.165) is 59.4 Å². The lowest BCUT2D eigenvalue weighted by Gasteiger charge is -2.31. The highest BCUT2D eigenvalue weighted by atomic mass is 16.5. The van der Waals surface area contributed by atoms with Gasteiger partial charge in [0, 0.05) is 54.8 Å². The van der Waals surface area contributed by atoms with Gasteiger partial charge in [-0.1, -0.05) is 23.8 Å². The highest BCUT2D eigenvalue weighted by Gasteiger charge is 2.19. The van der Waals surface area contributed by atoms with Crippen LogP contribution in [-0.4, -0.2) is 56.0 Å². The van der Waals surface area contributed by atoms with E-state index in [-0.39, 0.29) is 5.91 Å². The van der Waals surface area contributed by atoms with Crippen molar-refractivity contribution >= 4 is 22.4 Å². The number of allylic oxidation sites excluding steroid dienone is 1. The fourth-order valence-electron chi connectivity index (χ4n) is 4.24. The van der Waals surface area contributed by atoms with Crippen molar-refractivity contribution in [2.75, 3.05) is 40.3 Å². The van der Waals surface area contributed by atoms with E-state index in [1.54, 1.807) is 19.4 Å². The summed E-state index contributed by atoms with van der Waals surface area (Å²) < 4.78 is 11.5. The molecule has 31 heavy (non-hydrogen) atoms. The number of carbonyl (C=O) groups excluding carboxylic acids is 1. The number of aryl methyl sites for hydroxylation is 2.